The van der Waals surface area contributed by atoms with Crippen molar-refractivity contribution in [1.29, 1.82) is 5.41 Å². The summed E-state index contributed by atoms with van der Waals surface area (Å²) < 4.78 is 5.21. The number of rotatable bonds is 2. The van der Waals surface area contributed by atoms with Gasteiger partial charge in [-0.3, -0.25) is 5.41 Å². The van der Waals surface area contributed by atoms with E-state index in [1.807, 2.05) is 6.92 Å². The van der Waals surface area contributed by atoms with Gasteiger partial charge in [-0.05, 0) is 19.8 Å². The summed E-state index contributed by atoms with van der Waals surface area (Å²) >= 11 is 0. The Bertz CT molecular complexity index is 148. The molecule has 0 aromatic rings. The first-order valence-corrected chi connectivity index (χ1v) is 4.41. The monoisotopic (exact) mass is 155 g/mol. The lowest BCUT2D eigenvalue weighted by Crippen LogP contribution is -2.25. The van der Waals surface area contributed by atoms with E-state index in [0.29, 0.717) is 12.5 Å². The minimum Gasteiger partial charge on any atom is -0.481 e. The maximum Gasteiger partial charge on any atom is 0.186 e. The van der Waals surface area contributed by atoms with E-state index in [-0.39, 0.29) is 5.41 Å². The third-order valence-electron chi connectivity index (χ3n) is 2.54. The zero-order valence-corrected chi connectivity index (χ0v) is 7.44. The van der Waals surface area contributed by atoms with Crippen LogP contribution in [0.1, 0.15) is 39.5 Å². The van der Waals surface area contributed by atoms with Crippen LogP contribution >= 0.6 is 0 Å². The second-order valence-electron chi connectivity index (χ2n) is 3.53. The Kier molecular flexibility index (Phi) is 2.53. The first-order chi connectivity index (χ1) is 5.19. The molecule has 1 rings (SSSR count). The highest BCUT2D eigenvalue weighted by Crippen LogP contribution is 2.38. The molecule has 0 heterocycles. The summed E-state index contributed by atoms with van der Waals surface area (Å²) in [5, 5.41) is 7.66. The van der Waals surface area contributed by atoms with Crippen molar-refractivity contribution in [2.45, 2.75) is 39.5 Å². The molecule has 1 aliphatic carbocycles. The molecule has 11 heavy (non-hydrogen) atoms. The van der Waals surface area contributed by atoms with Gasteiger partial charge in [0.1, 0.15) is 0 Å². The SMILES string of the molecule is CCOC(=N)C1(C)CCCC1. The van der Waals surface area contributed by atoms with Crippen LogP contribution in [0.25, 0.3) is 0 Å². The molecular weight excluding hydrogens is 138 g/mol. The van der Waals surface area contributed by atoms with E-state index in [0.717, 1.165) is 12.8 Å². The minimum atomic E-state index is 0.0655. The van der Waals surface area contributed by atoms with Crippen LogP contribution in [0, 0.1) is 10.8 Å². The fourth-order valence-corrected chi connectivity index (χ4v) is 1.70. The summed E-state index contributed by atoms with van der Waals surface area (Å²) in [6.45, 7) is 4.71. The lowest BCUT2D eigenvalue weighted by Gasteiger charge is -2.23. The molecule has 64 valence electrons. The molecular formula is C9H17NO. The summed E-state index contributed by atoms with van der Waals surface area (Å²) in [5.41, 5.74) is 0.0655. The van der Waals surface area contributed by atoms with Crippen molar-refractivity contribution in [2.24, 2.45) is 5.41 Å². The zero-order valence-electron chi connectivity index (χ0n) is 7.44. The lowest BCUT2D eigenvalue weighted by molar-refractivity contribution is 0.261. The van der Waals surface area contributed by atoms with E-state index in [9.17, 15) is 0 Å². The molecule has 2 heteroatoms. The van der Waals surface area contributed by atoms with Gasteiger partial charge in [-0.2, -0.15) is 0 Å². The summed E-state index contributed by atoms with van der Waals surface area (Å²) in [5.74, 6) is 0.498. The fraction of sp³-hybridized carbons (Fsp3) is 0.889. The Morgan fingerprint density at radius 2 is 2.00 bits per heavy atom. The predicted octanol–water partition coefficient (Wildman–Crippen LogP) is 2.58. The molecule has 1 aliphatic rings. The molecule has 2 nitrogen and oxygen atoms in total. The van der Waals surface area contributed by atoms with E-state index < -0.39 is 0 Å². The number of ether oxygens (including phenoxy) is 1. The molecule has 0 bridgehead atoms. The van der Waals surface area contributed by atoms with E-state index in [1.165, 1.54) is 12.8 Å². The Morgan fingerprint density at radius 1 is 1.45 bits per heavy atom. The van der Waals surface area contributed by atoms with Gasteiger partial charge < -0.3 is 4.74 Å². The molecule has 0 amide bonds. The van der Waals surface area contributed by atoms with Crippen molar-refractivity contribution in [3.05, 3.63) is 0 Å². The highest BCUT2D eigenvalue weighted by atomic mass is 16.5. The van der Waals surface area contributed by atoms with Gasteiger partial charge in [0.2, 0.25) is 0 Å². The molecule has 0 aromatic carbocycles. The summed E-state index contributed by atoms with van der Waals surface area (Å²) in [7, 11) is 0. The quantitative estimate of drug-likeness (QED) is 0.482. The van der Waals surface area contributed by atoms with Crippen molar-refractivity contribution in [3.8, 4) is 0 Å². The van der Waals surface area contributed by atoms with Gasteiger partial charge in [0.15, 0.2) is 5.90 Å². The molecule has 0 saturated heterocycles. The summed E-state index contributed by atoms with van der Waals surface area (Å²) in [6, 6.07) is 0. The van der Waals surface area contributed by atoms with Crippen LogP contribution in [0.3, 0.4) is 0 Å². The van der Waals surface area contributed by atoms with Crippen molar-refractivity contribution in [2.75, 3.05) is 6.61 Å². The molecule has 0 radical (unpaired) electrons. The Morgan fingerprint density at radius 3 is 2.45 bits per heavy atom. The van der Waals surface area contributed by atoms with Crippen LogP contribution in [0.4, 0.5) is 0 Å². The fourth-order valence-electron chi connectivity index (χ4n) is 1.70. The Balaban J connectivity index is 2.49. The van der Waals surface area contributed by atoms with Gasteiger partial charge in [0, 0.05) is 5.41 Å². The average Bonchev–Trinajstić information content (AvgIpc) is 2.38. The van der Waals surface area contributed by atoms with Gasteiger partial charge >= 0.3 is 0 Å². The normalized spacial score (nSPS) is 21.6. The van der Waals surface area contributed by atoms with Crippen LogP contribution in [-0.2, 0) is 4.74 Å². The maximum absolute atomic E-state index is 7.66. The van der Waals surface area contributed by atoms with Crippen molar-refractivity contribution < 1.29 is 4.74 Å². The molecule has 0 aliphatic heterocycles. The molecule has 0 atom stereocenters. The summed E-state index contributed by atoms with van der Waals surface area (Å²) in [4.78, 5) is 0. The van der Waals surface area contributed by atoms with Gasteiger partial charge in [-0.15, -0.1) is 0 Å². The first kappa shape index (κ1) is 8.57. The van der Waals surface area contributed by atoms with Gasteiger partial charge in [-0.1, -0.05) is 19.8 Å². The molecule has 1 fully saturated rings. The summed E-state index contributed by atoms with van der Waals surface area (Å²) in [6.07, 6.45) is 4.77. The third-order valence-corrected chi connectivity index (χ3v) is 2.54. The molecule has 0 spiro atoms. The molecule has 0 unspecified atom stereocenters. The van der Waals surface area contributed by atoms with Gasteiger partial charge in [0.05, 0.1) is 6.61 Å². The Hall–Kier alpha value is -0.530. The number of hydrogen-bond donors (Lipinski definition) is 1. The number of nitrogens with one attached hydrogen (secondary N) is 1. The first-order valence-electron chi connectivity index (χ1n) is 4.41. The van der Waals surface area contributed by atoms with Crippen LogP contribution in [0.2, 0.25) is 0 Å². The highest BCUT2D eigenvalue weighted by molar-refractivity contribution is 5.79. The van der Waals surface area contributed by atoms with Crippen LogP contribution in [0.15, 0.2) is 0 Å². The van der Waals surface area contributed by atoms with Crippen molar-refractivity contribution in [3.63, 3.8) is 0 Å². The van der Waals surface area contributed by atoms with Gasteiger partial charge in [0.25, 0.3) is 0 Å². The van der Waals surface area contributed by atoms with Crippen molar-refractivity contribution >= 4 is 5.90 Å². The average molecular weight is 155 g/mol. The smallest absolute Gasteiger partial charge is 0.186 e. The van der Waals surface area contributed by atoms with Gasteiger partial charge in [-0.25, -0.2) is 0 Å². The predicted molar refractivity (Wildman–Crippen MR) is 45.9 cm³/mol. The van der Waals surface area contributed by atoms with Crippen LogP contribution < -0.4 is 0 Å². The molecule has 0 aromatic heterocycles. The zero-order chi connectivity index (χ0) is 8.32. The van der Waals surface area contributed by atoms with E-state index in [4.69, 9.17) is 10.1 Å². The van der Waals surface area contributed by atoms with Crippen LogP contribution in [0.5, 0.6) is 0 Å². The van der Waals surface area contributed by atoms with E-state index in [2.05, 4.69) is 6.92 Å². The van der Waals surface area contributed by atoms with E-state index in [1.54, 1.807) is 0 Å². The second kappa shape index (κ2) is 3.24. The Labute approximate surface area is 68.5 Å². The molecule has 1 N–H and O–H groups in total. The molecule has 1 saturated carbocycles. The standard InChI is InChI=1S/C9H17NO/c1-3-11-8(10)9(2)6-4-5-7-9/h10H,3-7H2,1-2H3. The largest absolute Gasteiger partial charge is 0.481 e. The second-order valence-corrected chi connectivity index (χ2v) is 3.53. The number of hydrogen-bond acceptors (Lipinski definition) is 2. The van der Waals surface area contributed by atoms with Crippen LogP contribution in [-0.4, -0.2) is 12.5 Å². The maximum atomic E-state index is 7.66. The highest BCUT2D eigenvalue weighted by Gasteiger charge is 2.34. The van der Waals surface area contributed by atoms with E-state index >= 15 is 0 Å². The third kappa shape index (κ3) is 1.73. The van der Waals surface area contributed by atoms with Crippen molar-refractivity contribution in [1.82, 2.24) is 0 Å². The lowest BCUT2D eigenvalue weighted by atomic mass is 9.89. The minimum absolute atomic E-state index is 0.0655. The topological polar surface area (TPSA) is 33.1 Å².